The average Bonchev–Trinajstić information content (AvgIpc) is 2.36. The van der Waals surface area contributed by atoms with Crippen molar-refractivity contribution in [2.45, 2.75) is 57.4 Å². The van der Waals surface area contributed by atoms with Crippen molar-refractivity contribution < 1.29 is 4.39 Å². The molecule has 0 aromatic heterocycles. The number of hydrogen-bond donors (Lipinski definition) is 1. The minimum atomic E-state index is -0.191. The van der Waals surface area contributed by atoms with Crippen LogP contribution in [0.5, 0.6) is 0 Å². The van der Waals surface area contributed by atoms with Crippen LogP contribution in [-0.4, -0.2) is 6.04 Å². The van der Waals surface area contributed by atoms with Crippen molar-refractivity contribution in [2.75, 3.05) is 0 Å². The average molecular weight is 328 g/mol. The van der Waals surface area contributed by atoms with Gasteiger partial charge in [-0.3, -0.25) is 0 Å². The first-order valence-electron chi connectivity index (χ1n) is 7.34. The van der Waals surface area contributed by atoms with Crippen LogP contribution in [-0.2, 0) is 6.42 Å². The Balaban J connectivity index is 1.78. The summed E-state index contributed by atoms with van der Waals surface area (Å²) in [6.45, 7) is 0. The van der Waals surface area contributed by atoms with Gasteiger partial charge in [0.25, 0.3) is 0 Å². The highest BCUT2D eigenvalue weighted by molar-refractivity contribution is 9.10. The molecular formula is C16H23BrFN. The van der Waals surface area contributed by atoms with E-state index in [4.69, 9.17) is 5.73 Å². The molecule has 1 aliphatic carbocycles. The minimum absolute atomic E-state index is 0.149. The van der Waals surface area contributed by atoms with Crippen molar-refractivity contribution in [3.05, 3.63) is 34.1 Å². The molecular weight excluding hydrogens is 305 g/mol. The minimum Gasteiger partial charge on any atom is -0.327 e. The fraction of sp³-hybridized carbons (Fsp3) is 0.625. The van der Waals surface area contributed by atoms with Crippen LogP contribution in [0.2, 0.25) is 0 Å². The van der Waals surface area contributed by atoms with Gasteiger partial charge in [0.15, 0.2) is 0 Å². The fourth-order valence-electron chi connectivity index (χ4n) is 3.06. The van der Waals surface area contributed by atoms with Crippen LogP contribution in [0.1, 0.15) is 50.5 Å². The molecule has 0 amide bonds. The van der Waals surface area contributed by atoms with Gasteiger partial charge in [0.2, 0.25) is 0 Å². The van der Waals surface area contributed by atoms with Crippen LogP contribution in [0, 0.1) is 11.7 Å². The lowest BCUT2D eigenvalue weighted by Crippen LogP contribution is -2.24. The van der Waals surface area contributed by atoms with Gasteiger partial charge in [0, 0.05) is 10.5 Å². The molecule has 19 heavy (non-hydrogen) atoms. The van der Waals surface area contributed by atoms with Gasteiger partial charge in [-0.15, -0.1) is 0 Å². The van der Waals surface area contributed by atoms with Gasteiger partial charge in [-0.25, -0.2) is 4.39 Å². The molecule has 1 aromatic carbocycles. The quantitative estimate of drug-likeness (QED) is 0.824. The lowest BCUT2D eigenvalue weighted by Gasteiger charge is -2.23. The first-order chi connectivity index (χ1) is 9.13. The first-order valence-corrected chi connectivity index (χ1v) is 8.13. The summed E-state index contributed by atoms with van der Waals surface area (Å²) in [5, 5.41) is 0. The molecule has 0 aliphatic heterocycles. The molecule has 106 valence electrons. The zero-order valence-electron chi connectivity index (χ0n) is 11.4. The second-order valence-corrected chi connectivity index (χ2v) is 6.74. The van der Waals surface area contributed by atoms with Crippen molar-refractivity contribution in [3.8, 4) is 0 Å². The maximum atomic E-state index is 13.3. The normalized spacial score (nSPS) is 18.5. The van der Waals surface area contributed by atoms with Crippen LogP contribution in [0.15, 0.2) is 22.7 Å². The summed E-state index contributed by atoms with van der Waals surface area (Å²) >= 11 is 3.32. The molecule has 0 heterocycles. The van der Waals surface area contributed by atoms with E-state index in [-0.39, 0.29) is 11.9 Å². The summed E-state index contributed by atoms with van der Waals surface area (Å²) in [5.74, 6) is 0.683. The van der Waals surface area contributed by atoms with Crippen LogP contribution in [0.25, 0.3) is 0 Å². The standard InChI is InChI=1S/C16H23BrFN/c17-14-8-13(9-15(18)11-14)10-16(19)7-6-12-4-2-1-3-5-12/h8-9,11-12,16H,1-7,10,19H2. The summed E-state index contributed by atoms with van der Waals surface area (Å²) in [6.07, 6.45) is 9.98. The van der Waals surface area contributed by atoms with Gasteiger partial charge in [-0.2, -0.15) is 0 Å². The fourth-order valence-corrected chi connectivity index (χ4v) is 3.57. The maximum absolute atomic E-state index is 13.3. The SMILES string of the molecule is NC(CCC1CCCCC1)Cc1cc(F)cc(Br)c1. The van der Waals surface area contributed by atoms with E-state index in [9.17, 15) is 4.39 Å². The predicted octanol–water partition coefficient (Wildman–Crippen LogP) is 4.82. The zero-order chi connectivity index (χ0) is 13.7. The predicted molar refractivity (Wildman–Crippen MR) is 81.6 cm³/mol. The summed E-state index contributed by atoms with van der Waals surface area (Å²) in [7, 11) is 0. The molecule has 1 aliphatic rings. The Morgan fingerprint density at radius 1 is 1.21 bits per heavy atom. The number of benzene rings is 1. The van der Waals surface area contributed by atoms with Crippen molar-refractivity contribution >= 4 is 15.9 Å². The summed E-state index contributed by atoms with van der Waals surface area (Å²) in [6, 6.07) is 5.18. The molecule has 0 radical (unpaired) electrons. The zero-order valence-corrected chi connectivity index (χ0v) is 13.0. The van der Waals surface area contributed by atoms with Crippen LogP contribution in [0.3, 0.4) is 0 Å². The molecule has 3 heteroatoms. The molecule has 0 saturated heterocycles. The van der Waals surface area contributed by atoms with E-state index in [2.05, 4.69) is 15.9 Å². The third-order valence-electron chi connectivity index (χ3n) is 4.09. The topological polar surface area (TPSA) is 26.0 Å². The van der Waals surface area contributed by atoms with Crippen LogP contribution in [0.4, 0.5) is 4.39 Å². The summed E-state index contributed by atoms with van der Waals surface area (Å²) < 4.78 is 14.1. The molecule has 1 atom stereocenters. The maximum Gasteiger partial charge on any atom is 0.124 e. The lowest BCUT2D eigenvalue weighted by atomic mass is 9.85. The Labute approximate surface area is 123 Å². The van der Waals surface area contributed by atoms with Gasteiger partial charge in [-0.1, -0.05) is 48.0 Å². The van der Waals surface area contributed by atoms with Gasteiger partial charge in [0.05, 0.1) is 0 Å². The number of nitrogens with two attached hydrogens (primary N) is 1. The Kier molecular flexibility index (Phi) is 5.83. The van der Waals surface area contributed by atoms with E-state index in [0.717, 1.165) is 28.8 Å². The van der Waals surface area contributed by atoms with Gasteiger partial charge in [0.1, 0.15) is 5.82 Å². The van der Waals surface area contributed by atoms with E-state index in [1.165, 1.54) is 44.6 Å². The Morgan fingerprint density at radius 2 is 1.95 bits per heavy atom. The molecule has 1 nitrogen and oxygen atoms in total. The van der Waals surface area contributed by atoms with Crippen molar-refractivity contribution in [1.29, 1.82) is 0 Å². The third kappa shape index (κ3) is 5.23. The lowest BCUT2D eigenvalue weighted by molar-refractivity contribution is 0.323. The molecule has 1 fully saturated rings. The van der Waals surface area contributed by atoms with E-state index in [0.29, 0.717) is 0 Å². The van der Waals surface area contributed by atoms with Crippen LogP contribution < -0.4 is 5.73 Å². The van der Waals surface area contributed by atoms with Gasteiger partial charge < -0.3 is 5.73 Å². The number of rotatable bonds is 5. The molecule has 1 aromatic rings. The molecule has 2 N–H and O–H groups in total. The molecule has 0 spiro atoms. The highest BCUT2D eigenvalue weighted by Crippen LogP contribution is 2.28. The van der Waals surface area contributed by atoms with Crippen molar-refractivity contribution in [2.24, 2.45) is 11.7 Å². The molecule has 0 bridgehead atoms. The number of hydrogen-bond acceptors (Lipinski definition) is 1. The highest BCUT2D eigenvalue weighted by Gasteiger charge is 2.15. The van der Waals surface area contributed by atoms with E-state index >= 15 is 0 Å². The van der Waals surface area contributed by atoms with Crippen molar-refractivity contribution in [3.63, 3.8) is 0 Å². The molecule has 1 saturated carbocycles. The molecule has 2 rings (SSSR count). The second-order valence-electron chi connectivity index (χ2n) is 5.82. The van der Waals surface area contributed by atoms with Gasteiger partial charge in [-0.05, 0) is 48.9 Å². The van der Waals surface area contributed by atoms with E-state index < -0.39 is 0 Å². The highest BCUT2D eigenvalue weighted by atomic mass is 79.9. The molecule has 1 unspecified atom stereocenters. The Morgan fingerprint density at radius 3 is 2.63 bits per heavy atom. The van der Waals surface area contributed by atoms with E-state index in [1.54, 1.807) is 6.07 Å². The first kappa shape index (κ1) is 15.0. The van der Waals surface area contributed by atoms with Crippen molar-refractivity contribution in [1.82, 2.24) is 0 Å². The van der Waals surface area contributed by atoms with Crippen LogP contribution >= 0.6 is 15.9 Å². The smallest absolute Gasteiger partial charge is 0.124 e. The Hall–Kier alpha value is -0.410. The third-order valence-corrected chi connectivity index (χ3v) is 4.55. The number of halogens is 2. The van der Waals surface area contributed by atoms with E-state index in [1.807, 2.05) is 6.07 Å². The van der Waals surface area contributed by atoms with Gasteiger partial charge >= 0.3 is 0 Å². The Bertz CT molecular complexity index is 381. The summed E-state index contributed by atoms with van der Waals surface area (Å²) in [4.78, 5) is 0. The second kappa shape index (κ2) is 7.39. The monoisotopic (exact) mass is 327 g/mol. The summed E-state index contributed by atoms with van der Waals surface area (Å²) in [5.41, 5.74) is 7.17. The largest absolute Gasteiger partial charge is 0.327 e.